The average Bonchev–Trinajstić information content (AvgIpc) is 2.20. The molecule has 0 saturated heterocycles. The lowest BCUT2D eigenvalue weighted by Crippen LogP contribution is -1.95. The van der Waals surface area contributed by atoms with Crippen LogP contribution < -0.4 is 0 Å². The Hall–Kier alpha value is -0.500. The molecule has 0 heterocycles. The van der Waals surface area contributed by atoms with Gasteiger partial charge in [-0.05, 0) is 23.3 Å². The Bertz CT molecular complexity index is 284. The fourth-order valence-corrected chi connectivity index (χ4v) is 2.07. The lowest BCUT2D eigenvalue weighted by Gasteiger charge is -2.06. The fraction of sp³-hybridized carbons (Fsp3) is 0.500. The van der Waals surface area contributed by atoms with Crippen LogP contribution >= 0.6 is 11.8 Å². The van der Waals surface area contributed by atoms with Crippen LogP contribution in [0.4, 0.5) is 4.39 Å². The summed E-state index contributed by atoms with van der Waals surface area (Å²) in [6, 6.07) is 5.73. The van der Waals surface area contributed by atoms with Gasteiger partial charge in [0.25, 0.3) is 0 Å². The van der Waals surface area contributed by atoms with Crippen molar-refractivity contribution >= 4 is 11.8 Å². The molecular formula is C12H17FS. The predicted octanol–water partition coefficient (Wildman–Crippen LogP) is 4.03. The Morgan fingerprint density at radius 2 is 1.93 bits per heavy atom. The molecule has 0 unspecified atom stereocenters. The summed E-state index contributed by atoms with van der Waals surface area (Å²) in [4.78, 5) is 0. The maximum absolute atomic E-state index is 13.8. The average molecular weight is 212 g/mol. The minimum atomic E-state index is 0.00954. The highest BCUT2D eigenvalue weighted by atomic mass is 32.2. The maximum Gasteiger partial charge on any atom is 0.130 e. The molecule has 2 heteroatoms. The first-order valence-electron chi connectivity index (χ1n) is 5.13. The highest BCUT2D eigenvalue weighted by molar-refractivity contribution is 7.98. The molecule has 0 atom stereocenters. The highest BCUT2D eigenvalue weighted by Crippen LogP contribution is 2.19. The van der Waals surface area contributed by atoms with Gasteiger partial charge >= 0.3 is 0 Å². The highest BCUT2D eigenvalue weighted by Gasteiger charge is 2.06. The summed E-state index contributed by atoms with van der Waals surface area (Å²) in [6.07, 6.45) is 1.84. The largest absolute Gasteiger partial charge is 0.206 e. The number of hydrogen-bond donors (Lipinski definition) is 0. The van der Waals surface area contributed by atoms with E-state index in [2.05, 4.69) is 13.8 Å². The van der Waals surface area contributed by atoms with Gasteiger partial charge in [-0.2, -0.15) is 11.8 Å². The standard InChI is InChI=1S/C12H17FS/c1-3-6-10-7-5-8-11(12(10)13)9-14-4-2/h5,7-8H,3-4,6,9H2,1-2H3. The zero-order chi connectivity index (χ0) is 10.4. The molecule has 0 spiro atoms. The molecule has 0 aliphatic heterocycles. The van der Waals surface area contributed by atoms with Crippen molar-refractivity contribution in [2.45, 2.75) is 32.4 Å². The van der Waals surface area contributed by atoms with E-state index in [-0.39, 0.29) is 5.82 Å². The lowest BCUT2D eigenvalue weighted by atomic mass is 10.1. The summed E-state index contributed by atoms with van der Waals surface area (Å²) in [6.45, 7) is 4.17. The number of rotatable bonds is 5. The molecule has 78 valence electrons. The first-order valence-corrected chi connectivity index (χ1v) is 6.29. The quantitative estimate of drug-likeness (QED) is 0.710. The number of hydrogen-bond acceptors (Lipinski definition) is 1. The van der Waals surface area contributed by atoms with Crippen LogP contribution in [0.15, 0.2) is 18.2 Å². The van der Waals surface area contributed by atoms with Crippen molar-refractivity contribution in [2.24, 2.45) is 0 Å². The zero-order valence-corrected chi connectivity index (χ0v) is 9.66. The van der Waals surface area contributed by atoms with Crippen LogP contribution in [0.1, 0.15) is 31.4 Å². The molecule has 0 fully saturated rings. The maximum atomic E-state index is 13.8. The van der Waals surface area contributed by atoms with Gasteiger partial charge in [-0.1, -0.05) is 38.5 Å². The number of aryl methyl sites for hydroxylation is 1. The van der Waals surface area contributed by atoms with Gasteiger partial charge in [0, 0.05) is 5.75 Å². The van der Waals surface area contributed by atoms with Gasteiger partial charge in [-0.3, -0.25) is 0 Å². The van der Waals surface area contributed by atoms with Crippen LogP contribution in [0.25, 0.3) is 0 Å². The van der Waals surface area contributed by atoms with Crippen LogP contribution in [0.5, 0.6) is 0 Å². The van der Waals surface area contributed by atoms with Crippen LogP contribution in [0, 0.1) is 5.82 Å². The fourth-order valence-electron chi connectivity index (χ4n) is 1.42. The van der Waals surface area contributed by atoms with E-state index in [1.54, 1.807) is 11.8 Å². The van der Waals surface area contributed by atoms with Crippen molar-refractivity contribution < 1.29 is 4.39 Å². The van der Waals surface area contributed by atoms with Crippen molar-refractivity contribution in [3.63, 3.8) is 0 Å². The van der Waals surface area contributed by atoms with E-state index in [0.29, 0.717) is 0 Å². The van der Waals surface area contributed by atoms with Gasteiger partial charge in [-0.25, -0.2) is 4.39 Å². The smallest absolute Gasteiger partial charge is 0.130 e. The first kappa shape index (κ1) is 11.6. The molecule has 0 N–H and O–H groups in total. The molecule has 0 radical (unpaired) electrons. The second-order valence-corrected chi connectivity index (χ2v) is 4.55. The molecule has 0 aromatic heterocycles. The van der Waals surface area contributed by atoms with E-state index in [0.717, 1.165) is 35.5 Å². The second-order valence-electron chi connectivity index (χ2n) is 3.28. The van der Waals surface area contributed by atoms with E-state index in [9.17, 15) is 4.39 Å². The molecule has 0 saturated carbocycles. The van der Waals surface area contributed by atoms with E-state index in [1.807, 2.05) is 18.2 Å². The Morgan fingerprint density at radius 3 is 2.57 bits per heavy atom. The van der Waals surface area contributed by atoms with Crippen molar-refractivity contribution in [1.29, 1.82) is 0 Å². The lowest BCUT2D eigenvalue weighted by molar-refractivity contribution is 0.597. The van der Waals surface area contributed by atoms with Gasteiger partial charge in [0.15, 0.2) is 0 Å². The van der Waals surface area contributed by atoms with Gasteiger partial charge in [0.05, 0.1) is 0 Å². The van der Waals surface area contributed by atoms with Gasteiger partial charge in [0.1, 0.15) is 5.82 Å². The van der Waals surface area contributed by atoms with E-state index >= 15 is 0 Å². The minimum absolute atomic E-state index is 0.00954. The van der Waals surface area contributed by atoms with Gasteiger partial charge < -0.3 is 0 Å². The SMILES string of the molecule is CCCc1cccc(CSCC)c1F. The minimum Gasteiger partial charge on any atom is -0.206 e. The Morgan fingerprint density at radius 1 is 1.21 bits per heavy atom. The third-order valence-corrected chi connectivity index (χ3v) is 3.06. The molecule has 1 aromatic carbocycles. The zero-order valence-electron chi connectivity index (χ0n) is 8.85. The van der Waals surface area contributed by atoms with Crippen LogP contribution in [-0.2, 0) is 12.2 Å². The van der Waals surface area contributed by atoms with Crippen molar-refractivity contribution in [3.05, 3.63) is 35.1 Å². The summed E-state index contributed by atoms with van der Waals surface area (Å²) in [5.74, 6) is 1.84. The second kappa shape index (κ2) is 6.07. The predicted molar refractivity (Wildman–Crippen MR) is 62.2 cm³/mol. The summed E-state index contributed by atoms with van der Waals surface area (Å²) in [5, 5.41) is 0. The summed E-state index contributed by atoms with van der Waals surface area (Å²) >= 11 is 1.76. The number of benzene rings is 1. The van der Waals surface area contributed by atoms with Crippen molar-refractivity contribution in [1.82, 2.24) is 0 Å². The first-order chi connectivity index (χ1) is 6.79. The Labute approximate surface area is 89.9 Å². The van der Waals surface area contributed by atoms with Crippen LogP contribution in [-0.4, -0.2) is 5.75 Å². The molecule has 0 bridgehead atoms. The van der Waals surface area contributed by atoms with E-state index in [4.69, 9.17) is 0 Å². The Balaban J connectivity index is 2.78. The molecule has 0 nitrogen and oxygen atoms in total. The topological polar surface area (TPSA) is 0 Å². The number of thioether (sulfide) groups is 1. The van der Waals surface area contributed by atoms with E-state index < -0.39 is 0 Å². The van der Waals surface area contributed by atoms with Gasteiger partial charge in [0.2, 0.25) is 0 Å². The molecule has 0 amide bonds. The monoisotopic (exact) mass is 212 g/mol. The summed E-state index contributed by atoms with van der Waals surface area (Å²) < 4.78 is 13.8. The third-order valence-electron chi connectivity index (χ3n) is 2.14. The van der Waals surface area contributed by atoms with Crippen molar-refractivity contribution in [2.75, 3.05) is 5.75 Å². The van der Waals surface area contributed by atoms with Crippen LogP contribution in [0.2, 0.25) is 0 Å². The molecule has 0 aliphatic rings. The molecule has 1 rings (SSSR count). The molecular weight excluding hydrogens is 195 g/mol. The van der Waals surface area contributed by atoms with Gasteiger partial charge in [-0.15, -0.1) is 0 Å². The van der Waals surface area contributed by atoms with Crippen LogP contribution in [0.3, 0.4) is 0 Å². The van der Waals surface area contributed by atoms with E-state index in [1.165, 1.54) is 0 Å². The number of halogens is 1. The third kappa shape index (κ3) is 3.02. The molecule has 14 heavy (non-hydrogen) atoms. The molecule has 0 aliphatic carbocycles. The summed E-state index contributed by atoms with van der Waals surface area (Å²) in [5.41, 5.74) is 1.71. The van der Waals surface area contributed by atoms with Crippen molar-refractivity contribution in [3.8, 4) is 0 Å². The molecule has 1 aromatic rings. The normalized spacial score (nSPS) is 10.5. The summed E-state index contributed by atoms with van der Waals surface area (Å²) in [7, 11) is 0. The Kier molecular flexibility index (Phi) is 5.02.